The lowest BCUT2D eigenvalue weighted by Gasteiger charge is -2.59. The minimum absolute atomic E-state index is 0.398. The summed E-state index contributed by atoms with van der Waals surface area (Å²) in [6, 6.07) is 0. The van der Waals surface area contributed by atoms with E-state index in [1.54, 1.807) is 11.6 Å². The summed E-state index contributed by atoms with van der Waals surface area (Å²) in [5, 5.41) is 0. The average molecular weight is 345 g/mol. The molecule has 0 aliphatic heterocycles. The molecule has 0 amide bonds. The summed E-state index contributed by atoms with van der Waals surface area (Å²) in [7, 11) is 0. The molecule has 0 nitrogen and oxygen atoms in total. The smallest absolute Gasteiger partial charge is 0.00797 e. The van der Waals surface area contributed by atoms with E-state index < -0.39 is 0 Å². The van der Waals surface area contributed by atoms with Gasteiger partial charge in [-0.2, -0.15) is 0 Å². The van der Waals surface area contributed by atoms with Crippen LogP contribution < -0.4 is 0 Å². The number of hydrogen-bond acceptors (Lipinski definition) is 0. The van der Waals surface area contributed by atoms with Crippen LogP contribution in [0.15, 0.2) is 37.0 Å². The first-order valence-electron chi connectivity index (χ1n) is 10.6. The second kappa shape index (κ2) is 9.24. The number of allylic oxidation sites excluding steroid dienone is 4. The van der Waals surface area contributed by atoms with Crippen molar-refractivity contribution in [1.82, 2.24) is 0 Å². The quantitative estimate of drug-likeness (QED) is 0.451. The van der Waals surface area contributed by atoms with Crippen LogP contribution in [-0.4, -0.2) is 0 Å². The highest BCUT2D eigenvalue weighted by Crippen LogP contribution is 2.62. The Labute approximate surface area is 158 Å². The first kappa shape index (κ1) is 22.3. The van der Waals surface area contributed by atoms with E-state index in [1.807, 2.05) is 13.0 Å². The van der Waals surface area contributed by atoms with Crippen molar-refractivity contribution in [3.63, 3.8) is 0 Å². The molecule has 0 aromatic rings. The van der Waals surface area contributed by atoms with Gasteiger partial charge < -0.3 is 0 Å². The van der Waals surface area contributed by atoms with E-state index in [0.29, 0.717) is 10.8 Å². The molecule has 0 spiro atoms. The summed E-state index contributed by atoms with van der Waals surface area (Å²) in [4.78, 5) is 0. The maximum atomic E-state index is 4.00. The molecule has 0 aromatic carbocycles. The Balaban J connectivity index is 0.000000970. The van der Waals surface area contributed by atoms with Gasteiger partial charge >= 0.3 is 0 Å². The number of fused-ring (bicyclic) bond motifs is 1. The average Bonchev–Trinajstić information content (AvgIpc) is 2.52. The van der Waals surface area contributed by atoms with Crippen LogP contribution in [0.4, 0.5) is 0 Å². The molecular weight excluding hydrogens is 300 g/mol. The topological polar surface area (TPSA) is 0 Å². The minimum Gasteiger partial charge on any atom is -0.103 e. The van der Waals surface area contributed by atoms with Gasteiger partial charge in [-0.3, -0.25) is 0 Å². The summed E-state index contributed by atoms with van der Waals surface area (Å²) in [6.45, 7) is 24.1. The van der Waals surface area contributed by atoms with E-state index in [-0.39, 0.29) is 0 Å². The highest BCUT2D eigenvalue weighted by atomic mass is 14.6. The molecule has 5 atom stereocenters. The van der Waals surface area contributed by atoms with Crippen molar-refractivity contribution in [2.24, 2.45) is 34.5 Å². The molecule has 0 radical (unpaired) electrons. The normalized spacial score (nSPS) is 38.3. The van der Waals surface area contributed by atoms with E-state index in [9.17, 15) is 0 Å². The SMILES string of the molecule is C=C/C=C1/C(C)CC2C(CC)C(C)(C)CCC2C1(C)CCC.C=CC. The first-order chi connectivity index (χ1) is 11.7. The zero-order chi connectivity index (χ0) is 19.3. The van der Waals surface area contributed by atoms with Crippen LogP contribution >= 0.6 is 0 Å². The third kappa shape index (κ3) is 4.50. The third-order valence-corrected chi connectivity index (χ3v) is 7.28. The molecular formula is C25H44. The molecule has 2 saturated carbocycles. The Morgan fingerprint density at radius 3 is 2.24 bits per heavy atom. The lowest BCUT2D eigenvalue weighted by molar-refractivity contribution is -0.0541. The lowest BCUT2D eigenvalue weighted by atomic mass is 9.46. The molecule has 5 unspecified atom stereocenters. The van der Waals surface area contributed by atoms with Crippen molar-refractivity contribution >= 4 is 0 Å². The van der Waals surface area contributed by atoms with Gasteiger partial charge in [-0.1, -0.05) is 84.8 Å². The van der Waals surface area contributed by atoms with E-state index in [0.717, 1.165) is 23.7 Å². The maximum absolute atomic E-state index is 4.00. The number of hydrogen-bond donors (Lipinski definition) is 0. The molecule has 25 heavy (non-hydrogen) atoms. The molecule has 144 valence electrons. The van der Waals surface area contributed by atoms with Gasteiger partial charge in [0, 0.05) is 0 Å². The molecule has 0 heterocycles. The molecule has 2 aliphatic rings. The number of rotatable bonds is 4. The second-order valence-electron chi connectivity index (χ2n) is 9.38. The summed E-state index contributed by atoms with van der Waals surface area (Å²) < 4.78 is 0. The lowest BCUT2D eigenvalue weighted by Crippen LogP contribution is -2.50. The first-order valence-corrected chi connectivity index (χ1v) is 10.6. The van der Waals surface area contributed by atoms with Gasteiger partial charge in [-0.05, 0) is 67.1 Å². The summed E-state index contributed by atoms with van der Waals surface area (Å²) >= 11 is 0. The Bertz CT molecular complexity index is 466. The Morgan fingerprint density at radius 2 is 1.76 bits per heavy atom. The van der Waals surface area contributed by atoms with Gasteiger partial charge in [0.2, 0.25) is 0 Å². The van der Waals surface area contributed by atoms with Crippen molar-refractivity contribution < 1.29 is 0 Å². The zero-order valence-corrected chi connectivity index (χ0v) is 18.2. The van der Waals surface area contributed by atoms with Crippen molar-refractivity contribution in [2.45, 2.75) is 87.0 Å². The second-order valence-corrected chi connectivity index (χ2v) is 9.38. The van der Waals surface area contributed by atoms with Crippen LogP contribution in [0.3, 0.4) is 0 Å². The van der Waals surface area contributed by atoms with E-state index >= 15 is 0 Å². The van der Waals surface area contributed by atoms with Crippen molar-refractivity contribution in [3.05, 3.63) is 37.0 Å². The van der Waals surface area contributed by atoms with Crippen LogP contribution in [0.5, 0.6) is 0 Å². The van der Waals surface area contributed by atoms with Crippen LogP contribution in [0, 0.1) is 34.5 Å². The highest BCUT2D eigenvalue weighted by Gasteiger charge is 2.53. The predicted molar refractivity (Wildman–Crippen MR) is 115 cm³/mol. The molecule has 2 rings (SSSR count). The highest BCUT2D eigenvalue weighted by molar-refractivity contribution is 5.26. The van der Waals surface area contributed by atoms with Gasteiger partial charge in [0.05, 0.1) is 0 Å². The van der Waals surface area contributed by atoms with Crippen LogP contribution in [0.2, 0.25) is 0 Å². The molecule has 0 aromatic heterocycles. The Hall–Kier alpha value is -0.780. The zero-order valence-electron chi connectivity index (χ0n) is 18.2. The molecule has 0 N–H and O–H groups in total. The van der Waals surface area contributed by atoms with Gasteiger partial charge in [0.25, 0.3) is 0 Å². The summed E-state index contributed by atoms with van der Waals surface area (Å²) in [6.07, 6.45) is 14.3. The Morgan fingerprint density at radius 1 is 1.16 bits per heavy atom. The minimum atomic E-state index is 0.398. The fraction of sp³-hybridized carbons (Fsp3) is 0.760. The fourth-order valence-electron chi connectivity index (χ4n) is 6.40. The fourth-order valence-corrected chi connectivity index (χ4v) is 6.40. The van der Waals surface area contributed by atoms with Gasteiger partial charge in [-0.15, -0.1) is 6.58 Å². The van der Waals surface area contributed by atoms with Crippen LogP contribution in [0.25, 0.3) is 0 Å². The van der Waals surface area contributed by atoms with Gasteiger partial charge in [-0.25, -0.2) is 0 Å². The van der Waals surface area contributed by atoms with Crippen molar-refractivity contribution in [1.29, 1.82) is 0 Å². The van der Waals surface area contributed by atoms with E-state index in [1.165, 1.54) is 38.5 Å². The van der Waals surface area contributed by atoms with Gasteiger partial charge in [0.1, 0.15) is 0 Å². The largest absolute Gasteiger partial charge is 0.103 e. The third-order valence-electron chi connectivity index (χ3n) is 7.28. The summed E-state index contributed by atoms with van der Waals surface area (Å²) in [5.74, 6) is 3.42. The van der Waals surface area contributed by atoms with E-state index in [4.69, 9.17) is 0 Å². The molecule has 2 fully saturated rings. The van der Waals surface area contributed by atoms with Crippen molar-refractivity contribution in [2.75, 3.05) is 0 Å². The van der Waals surface area contributed by atoms with Gasteiger partial charge in [0.15, 0.2) is 0 Å². The van der Waals surface area contributed by atoms with E-state index in [2.05, 4.69) is 60.8 Å². The molecule has 0 saturated heterocycles. The predicted octanol–water partition coefficient (Wildman–Crippen LogP) is 8.22. The summed E-state index contributed by atoms with van der Waals surface area (Å²) in [5.41, 5.74) is 2.62. The standard InChI is InChI=1S/C22H38.C3H6/c1-8-11-19-16(4)15-17-18(10-3)21(5,6)14-12-20(17)22(19,7)13-9-2;1-3-2/h8,11,16-18,20H,1,9-10,12-15H2,2-7H3;3H,1H2,2H3/b19-11-;. The molecule has 0 bridgehead atoms. The maximum Gasteiger partial charge on any atom is -0.00797 e. The van der Waals surface area contributed by atoms with Crippen LogP contribution in [-0.2, 0) is 0 Å². The monoisotopic (exact) mass is 344 g/mol. The Kier molecular flexibility index (Phi) is 8.23. The molecule has 2 aliphatic carbocycles. The van der Waals surface area contributed by atoms with Crippen LogP contribution in [0.1, 0.15) is 87.0 Å². The van der Waals surface area contributed by atoms with Crippen molar-refractivity contribution in [3.8, 4) is 0 Å². The molecule has 0 heteroatoms.